The molecule has 168 valence electrons. The van der Waals surface area contributed by atoms with Gasteiger partial charge in [0.25, 0.3) is 11.8 Å². The summed E-state index contributed by atoms with van der Waals surface area (Å²) < 4.78 is 0. The highest BCUT2D eigenvalue weighted by Gasteiger charge is 2.40. The van der Waals surface area contributed by atoms with E-state index >= 15 is 0 Å². The molecule has 6 heteroatoms. The van der Waals surface area contributed by atoms with Gasteiger partial charge in [-0.1, -0.05) is 29.8 Å². The molecule has 0 radical (unpaired) electrons. The average Bonchev–Trinajstić information content (AvgIpc) is 3.38. The first-order valence-corrected chi connectivity index (χ1v) is 12.0. The Hall–Kier alpha value is -2.37. The van der Waals surface area contributed by atoms with Gasteiger partial charge in [-0.2, -0.15) is 0 Å². The zero-order valence-corrected chi connectivity index (χ0v) is 19.3. The third kappa shape index (κ3) is 3.93. The van der Waals surface area contributed by atoms with Crippen LogP contribution in [-0.2, 0) is 6.42 Å². The molecule has 0 saturated carbocycles. The van der Waals surface area contributed by atoms with Crippen LogP contribution in [-0.4, -0.2) is 42.9 Å². The van der Waals surface area contributed by atoms with Crippen molar-refractivity contribution in [1.29, 1.82) is 0 Å². The number of hydrogen-bond acceptors (Lipinski definition) is 3. The SMILES string of the molecule is Cc1cccc(Cl)c1C(=O)NC1CCc2ccc(C(=O)N3CCC4(CCNCC4)C3)cc21. The summed E-state index contributed by atoms with van der Waals surface area (Å²) in [4.78, 5) is 28.3. The van der Waals surface area contributed by atoms with Crippen LogP contribution in [0.3, 0.4) is 0 Å². The molecular formula is C26H30ClN3O2. The summed E-state index contributed by atoms with van der Waals surface area (Å²) in [7, 11) is 0. The number of amides is 2. The van der Waals surface area contributed by atoms with E-state index in [0.717, 1.165) is 75.0 Å². The van der Waals surface area contributed by atoms with Gasteiger partial charge in [0.2, 0.25) is 0 Å². The molecule has 5 rings (SSSR count). The van der Waals surface area contributed by atoms with Crippen molar-refractivity contribution in [3.8, 4) is 0 Å². The summed E-state index contributed by atoms with van der Waals surface area (Å²) in [5.41, 5.74) is 4.67. The van der Waals surface area contributed by atoms with Crippen molar-refractivity contribution in [1.82, 2.24) is 15.5 Å². The highest BCUT2D eigenvalue weighted by Crippen LogP contribution is 2.39. The zero-order chi connectivity index (χ0) is 22.3. The number of aryl methyl sites for hydroxylation is 2. The van der Waals surface area contributed by atoms with Crippen molar-refractivity contribution in [3.63, 3.8) is 0 Å². The van der Waals surface area contributed by atoms with E-state index in [4.69, 9.17) is 11.6 Å². The Morgan fingerprint density at radius 1 is 1.16 bits per heavy atom. The van der Waals surface area contributed by atoms with E-state index in [1.165, 1.54) is 5.56 Å². The minimum Gasteiger partial charge on any atom is -0.345 e. The second-order valence-corrected chi connectivity index (χ2v) is 10.0. The van der Waals surface area contributed by atoms with Crippen molar-refractivity contribution in [2.75, 3.05) is 26.2 Å². The molecule has 1 unspecified atom stereocenters. The van der Waals surface area contributed by atoms with Crippen molar-refractivity contribution < 1.29 is 9.59 Å². The van der Waals surface area contributed by atoms with Gasteiger partial charge in [0.15, 0.2) is 0 Å². The largest absolute Gasteiger partial charge is 0.345 e. The Labute approximate surface area is 194 Å². The van der Waals surface area contributed by atoms with Crippen molar-refractivity contribution >= 4 is 23.4 Å². The second kappa shape index (κ2) is 8.53. The first-order chi connectivity index (χ1) is 15.5. The van der Waals surface area contributed by atoms with Crippen molar-refractivity contribution in [2.45, 2.75) is 45.1 Å². The number of rotatable bonds is 3. The van der Waals surface area contributed by atoms with Crippen LogP contribution >= 0.6 is 11.6 Å². The molecule has 2 aliphatic heterocycles. The van der Waals surface area contributed by atoms with E-state index in [-0.39, 0.29) is 17.9 Å². The zero-order valence-electron chi connectivity index (χ0n) is 18.5. The summed E-state index contributed by atoms with van der Waals surface area (Å²) in [6.07, 6.45) is 5.13. The number of halogens is 1. The van der Waals surface area contributed by atoms with E-state index < -0.39 is 0 Å². The maximum Gasteiger partial charge on any atom is 0.253 e. The lowest BCUT2D eigenvalue weighted by atomic mass is 9.78. The Balaban J connectivity index is 1.33. The first kappa shape index (κ1) is 21.5. The van der Waals surface area contributed by atoms with Gasteiger partial charge in [0, 0.05) is 18.7 Å². The molecule has 2 N–H and O–H groups in total. The van der Waals surface area contributed by atoms with Crippen LogP contribution in [0.1, 0.15) is 69.1 Å². The summed E-state index contributed by atoms with van der Waals surface area (Å²) in [5.74, 6) is -0.0443. The smallest absolute Gasteiger partial charge is 0.253 e. The molecular weight excluding hydrogens is 422 g/mol. The number of hydrogen-bond donors (Lipinski definition) is 2. The van der Waals surface area contributed by atoms with Crippen LogP contribution in [0, 0.1) is 12.3 Å². The number of carbonyl (C=O) groups is 2. The molecule has 1 spiro atoms. The summed E-state index contributed by atoms with van der Waals surface area (Å²) in [5, 5.41) is 7.06. The topological polar surface area (TPSA) is 61.4 Å². The molecule has 0 bridgehead atoms. The minimum absolute atomic E-state index is 0.102. The maximum absolute atomic E-state index is 13.3. The summed E-state index contributed by atoms with van der Waals surface area (Å²) in [6, 6.07) is 11.4. The van der Waals surface area contributed by atoms with E-state index in [2.05, 4.69) is 16.7 Å². The standard InChI is InChI=1S/C26H30ClN3O2/c1-17-3-2-4-21(27)23(17)24(31)29-22-8-7-18-5-6-19(15-20(18)22)25(32)30-14-11-26(16-30)9-12-28-13-10-26/h2-6,15,22,28H,7-14,16H2,1H3,(H,29,31). The molecule has 0 aromatic heterocycles. The molecule has 3 aliphatic rings. The fourth-order valence-electron chi connectivity index (χ4n) is 5.69. The average molecular weight is 452 g/mol. The number of likely N-dealkylation sites (tertiary alicyclic amines) is 1. The van der Waals surface area contributed by atoms with Gasteiger partial charge in [0.05, 0.1) is 16.6 Å². The molecule has 5 nitrogen and oxygen atoms in total. The van der Waals surface area contributed by atoms with Crippen LogP contribution in [0.2, 0.25) is 5.02 Å². The highest BCUT2D eigenvalue weighted by atomic mass is 35.5. The Kier molecular flexibility index (Phi) is 5.72. The normalized spacial score (nSPS) is 21.6. The predicted molar refractivity (Wildman–Crippen MR) is 126 cm³/mol. The van der Waals surface area contributed by atoms with Gasteiger partial charge < -0.3 is 15.5 Å². The number of piperidine rings is 1. The molecule has 2 aromatic rings. The van der Waals surface area contributed by atoms with Crippen LogP contribution in [0.25, 0.3) is 0 Å². The quantitative estimate of drug-likeness (QED) is 0.732. The van der Waals surface area contributed by atoms with Crippen LogP contribution in [0.4, 0.5) is 0 Å². The first-order valence-electron chi connectivity index (χ1n) is 11.6. The molecule has 2 fully saturated rings. The van der Waals surface area contributed by atoms with E-state index in [1.54, 1.807) is 6.07 Å². The third-order valence-corrected chi connectivity index (χ3v) is 7.93. The monoisotopic (exact) mass is 451 g/mol. The number of fused-ring (bicyclic) bond motifs is 1. The van der Waals surface area contributed by atoms with Gasteiger partial charge in [-0.25, -0.2) is 0 Å². The molecule has 32 heavy (non-hydrogen) atoms. The van der Waals surface area contributed by atoms with E-state index in [0.29, 0.717) is 16.0 Å². The summed E-state index contributed by atoms with van der Waals surface area (Å²) >= 11 is 6.30. The highest BCUT2D eigenvalue weighted by molar-refractivity contribution is 6.34. The van der Waals surface area contributed by atoms with Gasteiger partial charge in [-0.15, -0.1) is 0 Å². The third-order valence-electron chi connectivity index (χ3n) is 7.61. The number of nitrogens with zero attached hydrogens (tertiary/aromatic N) is 1. The summed E-state index contributed by atoms with van der Waals surface area (Å²) in [6.45, 7) is 5.68. The Morgan fingerprint density at radius 3 is 2.75 bits per heavy atom. The Morgan fingerprint density at radius 2 is 1.97 bits per heavy atom. The lowest BCUT2D eigenvalue weighted by molar-refractivity contribution is 0.0761. The van der Waals surface area contributed by atoms with Gasteiger partial charge in [0.1, 0.15) is 0 Å². The van der Waals surface area contributed by atoms with Crippen LogP contribution < -0.4 is 10.6 Å². The predicted octanol–water partition coefficient (Wildman–Crippen LogP) is 4.28. The van der Waals surface area contributed by atoms with Crippen LogP contribution in [0.5, 0.6) is 0 Å². The van der Waals surface area contributed by atoms with E-state index in [9.17, 15) is 9.59 Å². The maximum atomic E-state index is 13.3. The number of benzene rings is 2. The molecule has 2 heterocycles. The van der Waals surface area contributed by atoms with Gasteiger partial charge in [-0.05, 0) is 92.4 Å². The van der Waals surface area contributed by atoms with Crippen molar-refractivity contribution in [2.24, 2.45) is 5.41 Å². The number of carbonyl (C=O) groups excluding carboxylic acids is 2. The lowest BCUT2D eigenvalue weighted by Crippen LogP contribution is -2.39. The molecule has 1 atom stereocenters. The fourth-order valence-corrected chi connectivity index (χ4v) is 6.00. The fraction of sp³-hybridized carbons (Fsp3) is 0.462. The molecule has 2 saturated heterocycles. The van der Waals surface area contributed by atoms with Crippen molar-refractivity contribution in [3.05, 3.63) is 69.2 Å². The van der Waals surface area contributed by atoms with Gasteiger partial charge >= 0.3 is 0 Å². The Bertz CT molecular complexity index is 1040. The molecule has 1 aliphatic carbocycles. The molecule has 2 aromatic carbocycles. The molecule has 2 amide bonds. The second-order valence-electron chi connectivity index (χ2n) is 9.64. The number of nitrogens with one attached hydrogen (secondary N) is 2. The van der Waals surface area contributed by atoms with E-state index in [1.807, 2.05) is 36.1 Å². The van der Waals surface area contributed by atoms with Gasteiger partial charge in [-0.3, -0.25) is 9.59 Å². The lowest BCUT2D eigenvalue weighted by Gasteiger charge is -2.33. The van der Waals surface area contributed by atoms with Crippen LogP contribution in [0.15, 0.2) is 36.4 Å². The minimum atomic E-state index is -0.157.